The Morgan fingerprint density at radius 1 is 1.33 bits per heavy atom. The first-order valence-corrected chi connectivity index (χ1v) is 7.04. The number of aliphatic hydroxyl groups excluding tert-OH is 1. The topological polar surface area (TPSA) is 61.7 Å². The molecule has 0 aromatic heterocycles. The molecule has 0 bridgehead atoms. The largest absolute Gasteiger partial charge is 0.494 e. The fourth-order valence-electron chi connectivity index (χ4n) is 1.44. The molecule has 0 aliphatic carbocycles. The Morgan fingerprint density at radius 3 is 2.33 bits per heavy atom. The first-order chi connectivity index (χ1) is 8.39. The molecule has 0 aliphatic heterocycles. The SMILES string of the molecule is COc1c(Br)cc(CNCC(C)(O)CO)cc1Br. The minimum absolute atomic E-state index is 0.268. The molecule has 0 aliphatic rings. The lowest BCUT2D eigenvalue weighted by Crippen LogP contribution is -2.40. The number of halogens is 2. The van der Waals surface area contributed by atoms with Gasteiger partial charge in [0.2, 0.25) is 0 Å². The standard InChI is InChI=1S/C12H17Br2NO3/c1-12(17,7-16)6-15-5-8-3-9(13)11(18-2)10(14)4-8/h3-4,15-17H,5-7H2,1-2H3. The van der Waals surface area contributed by atoms with Crippen LogP contribution in [0, 0.1) is 0 Å². The molecular weight excluding hydrogens is 366 g/mol. The van der Waals surface area contributed by atoms with Gasteiger partial charge in [0, 0.05) is 13.1 Å². The molecule has 102 valence electrons. The van der Waals surface area contributed by atoms with Crippen LogP contribution in [0.25, 0.3) is 0 Å². The molecule has 1 unspecified atom stereocenters. The number of rotatable bonds is 6. The highest BCUT2D eigenvalue weighted by atomic mass is 79.9. The summed E-state index contributed by atoms with van der Waals surface area (Å²) in [7, 11) is 1.61. The van der Waals surface area contributed by atoms with E-state index in [1.54, 1.807) is 14.0 Å². The predicted octanol–water partition coefficient (Wildman–Crippen LogP) is 2.05. The van der Waals surface area contributed by atoms with E-state index in [1.165, 1.54) is 0 Å². The van der Waals surface area contributed by atoms with Gasteiger partial charge in [-0.15, -0.1) is 0 Å². The molecule has 0 saturated carbocycles. The third-order valence-electron chi connectivity index (χ3n) is 2.44. The van der Waals surface area contributed by atoms with Crippen molar-refractivity contribution in [3.63, 3.8) is 0 Å². The zero-order chi connectivity index (χ0) is 13.8. The summed E-state index contributed by atoms with van der Waals surface area (Å²) in [5.41, 5.74) is -0.0516. The summed E-state index contributed by atoms with van der Waals surface area (Å²) >= 11 is 6.86. The van der Waals surface area contributed by atoms with Gasteiger partial charge in [0.1, 0.15) is 5.75 Å². The number of hydrogen-bond donors (Lipinski definition) is 3. The Balaban J connectivity index is 2.64. The summed E-state index contributed by atoms with van der Waals surface area (Å²) in [6, 6.07) is 3.90. The van der Waals surface area contributed by atoms with Crippen molar-refractivity contribution in [3.05, 3.63) is 26.6 Å². The van der Waals surface area contributed by atoms with Crippen LogP contribution >= 0.6 is 31.9 Å². The van der Waals surface area contributed by atoms with Crippen LogP contribution in [0.3, 0.4) is 0 Å². The molecule has 0 fully saturated rings. The molecular formula is C12H17Br2NO3. The predicted molar refractivity (Wildman–Crippen MR) is 77.8 cm³/mol. The molecule has 0 spiro atoms. The van der Waals surface area contributed by atoms with Crippen LogP contribution in [0.2, 0.25) is 0 Å². The van der Waals surface area contributed by atoms with E-state index in [-0.39, 0.29) is 6.61 Å². The molecule has 0 heterocycles. The average molecular weight is 383 g/mol. The maximum Gasteiger partial charge on any atom is 0.147 e. The highest BCUT2D eigenvalue weighted by Crippen LogP contribution is 2.34. The van der Waals surface area contributed by atoms with Crippen LogP contribution in [0.5, 0.6) is 5.75 Å². The number of methoxy groups -OCH3 is 1. The van der Waals surface area contributed by atoms with Gasteiger partial charge < -0.3 is 20.3 Å². The van der Waals surface area contributed by atoms with E-state index in [9.17, 15) is 5.11 Å². The van der Waals surface area contributed by atoms with E-state index < -0.39 is 5.60 Å². The first kappa shape index (κ1) is 15.9. The monoisotopic (exact) mass is 381 g/mol. The summed E-state index contributed by atoms with van der Waals surface area (Å²) in [5, 5.41) is 21.7. The lowest BCUT2D eigenvalue weighted by atomic mass is 10.1. The zero-order valence-electron chi connectivity index (χ0n) is 10.3. The van der Waals surface area contributed by atoms with Crippen molar-refractivity contribution in [2.75, 3.05) is 20.3 Å². The van der Waals surface area contributed by atoms with Crippen LogP contribution < -0.4 is 10.1 Å². The Morgan fingerprint density at radius 2 is 1.89 bits per heavy atom. The molecule has 1 atom stereocenters. The van der Waals surface area contributed by atoms with Gasteiger partial charge in [-0.2, -0.15) is 0 Å². The van der Waals surface area contributed by atoms with Crippen LogP contribution in [-0.4, -0.2) is 36.1 Å². The lowest BCUT2D eigenvalue weighted by molar-refractivity contribution is 0.00253. The second-order valence-electron chi connectivity index (χ2n) is 4.35. The van der Waals surface area contributed by atoms with Crippen LogP contribution in [0.4, 0.5) is 0 Å². The van der Waals surface area contributed by atoms with Gasteiger partial charge >= 0.3 is 0 Å². The fraction of sp³-hybridized carbons (Fsp3) is 0.500. The Hall–Kier alpha value is -0.140. The number of nitrogens with one attached hydrogen (secondary N) is 1. The Labute approximate surface area is 124 Å². The van der Waals surface area contributed by atoms with E-state index in [4.69, 9.17) is 9.84 Å². The highest BCUT2D eigenvalue weighted by molar-refractivity contribution is 9.11. The van der Waals surface area contributed by atoms with Crippen LogP contribution in [0.1, 0.15) is 12.5 Å². The summed E-state index contributed by atoms with van der Waals surface area (Å²) < 4.78 is 6.95. The highest BCUT2D eigenvalue weighted by Gasteiger charge is 2.18. The van der Waals surface area contributed by atoms with Crippen LogP contribution in [-0.2, 0) is 6.54 Å². The van der Waals surface area contributed by atoms with Gasteiger partial charge in [0.05, 0.1) is 28.3 Å². The van der Waals surface area contributed by atoms with Crippen molar-refractivity contribution in [2.24, 2.45) is 0 Å². The number of hydrogen-bond acceptors (Lipinski definition) is 4. The normalized spacial score (nSPS) is 14.3. The minimum atomic E-state index is -1.10. The molecule has 3 N–H and O–H groups in total. The smallest absolute Gasteiger partial charge is 0.147 e. The van der Waals surface area contributed by atoms with Crippen molar-refractivity contribution in [2.45, 2.75) is 19.1 Å². The van der Waals surface area contributed by atoms with E-state index >= 15 is 0 Å². The van der Waals surface area contributed by atoms with Gasteiger partial charge in [-0.05, 0) is 56.5 Å². The number of benzene rings is 1. The van der Waals surface area contributed by atoms with E-state index in [0.29, 0.717) is 13.1 Å². The van der Waals surface area contributed by atoms with Gasteiger partial charge in [0.25, 0.3) is 0 Å². The van der Waals surface area contributed by atoms with Gasteiger partial charge in [-0.3, -0.25) is 0 Å². The fourth-order valence-corrected chi connectivity index (χ4v) is 3.05. The number of ether oxygens (including phenoxy) is 1. The zero-order valence-corrected chi connectivity index (χ0v) is 13.5. The lowest BCUT2D eigenvalue weighted by Gasteiger charge is -2.20. The van der Waals surface area contributed by atoms with Crippen molar-refractivity contribution >= 4 is 31.9 Å². The summed E-state index contributed by atoms with van der Waals surface area (Å²) in [6.45, 7) is 2.23. The minimum Gasteiger partial charge on any atom is -0.494 e. The maximum absolute atomic E-state index is 9.64. The molecule has 18 heavy (non-hydrogen) atoms. The second-order valence-corrected chi connectivity index (χ2v) is 6.06. The average Bonchev–Trinajstić information content (AvgIpc) is 2.28. The molecule has 6 heteroatoms. The summed E-state index contributed by atoms with van der Waals surface area (Å²) in [4.78, 5) is 0. The van der Waals surface area contributed by atoms with Crippen molar-refractivity contribution in [1.82, 2.24) is 5.32 Å². The maximum atomic E-state index is 9.64. The Kier molecular flexibility index (Phi) is 6.07. The van der Waals surface area contributed by atoms with E-state index in [2.05, 4.69) is 37.2 Å². The molecule has 0 saturated heterocycles. The molecule has 0 radical (unpaired) electrons. The van der Waals surface area contributed by atoms with Crippen molar-refractivity contribution in [1.29, 1.82) is 0 Å². The van der Waals surface area contributed by atoms with Gasteiger partial charge in [0.15, 0.2) is 0 Å². The molecule has 1 aromatic rings. The quantitative estimate of drug-likeness (QED) is 0.704. The molecule has 0 amide bonds. The Bertz CT molecular complexity index is 387. The van der Waals surface area contributed by atoms with E-state index in [0.717, 1.165) is 20.3 Å². The van der Waals surface area contributed by atoms with Crippen molar-refractivity contribution in [3.8, 4) is 5.75 Å². The summed E-state index contributed by atoms with van der Waals surface area (Å²) in [6.07, 6.45) is 0. The van der Waals surface area contributed by atoms with Crippen LogP contribution in [0.15, 0.2) is 21.1 Å². The third kappa shape index (κ3) is 4.51. The summed E-state index contributed by atoms with van der Waals surface area (Å²) in [5.74, 6) is 0.751. The number of aliphatic hydroxyl groups is 2. The first-order valence-electron chi connectivity index (χ1n) is 5.45. The van der Waals surface area contributed by atoms with Gasteiger partial charge in [-0.25, -0.2) is 0 Å². The second kappa shape index (κ2) is 6.86. The van der Waals surface area contributed by atoms with Crippen molar-refractivity contribution < 1.29 is 14.9 Å². The third-order valence-corrected chi connectivity index (χ3v) is 3.62. The van der Waals surface area contributed by atoms with E-state index in [1.807, 2.05) is 12.1 Å². The van der Waals surface area contributed by atoms with Gasteiger partial charge in [-0.1, -0.05) is 0 Å². The molecule has 1 rings (SSSR count). The molecule has 4 nitrogen and oxygen atoms in total. The molecule has 1 aromatic carbocycles.